The van der Waals surface area contributed by atoms with Gasteiger partial charge in [0, 0.05) is 26.2 Å². The zero-order valence-corrected chi connectivity index (χ0v) is 14.5. The van der Waals surface area contributed by atoms with Gasteiger partial charge in [-0.05, 0) is 31.0 Å². The van der Waals surface area contributed by atoms with E-state index in [-0.39, 0.29) is 11.7 Å². The molecular weight excluding hydrogens is 316 g/mol. The number of benzene rings is 1. The van der Waals surface area contributed by atoms with E-state index in [9.17, 15) is 13.2 Å². The first-order valence-electron chi connectivity index (χ1n) is 7.85. The predicted octanol–water partition coefficient (Wildman–Crippen LogP) is 1.12. The molecule has 0 saturated carbocycles. The molecule has 6 nitrogen and oxygen atoms in total. The Morgan fingerprint density at radius 2 is 2.00 bits per heavy atom. The van der Waals surface area contributed by atoms with Crippen LogP contribution >= 0.6 is 0 Å². The first-order chi connectivity index (χ1) is 11.0. The Kier molecular flexibility index (Phi) is 6.01. The summed E-state index contributed by atoms with van der Waals surface area (Å²) in [5.41, 5.74) is 0.900. The Bertz CT molecular complexity index is 645. The van der Waals surface area contributed by atoms with Crippen molar-refractivity contribution in [1.29, 1.82) is 0 Å². The number of rotatable bonds is 5. The monoisotopic (exact) mass is 340 g/mol. The Hall–Kier alpha value is -1.60. The van der Waals surface area contributed by atoms with Crippen LogP contribution in [0, 0.1) is 0 Å². The number of carbonyl (C=O) groups excluding carboxylic acids is 1. The van der Waals surface area contributed by atoms with E-state index in [4.69, 9.17) is 4.74 Å². The number of methoxy groups -OCH3 is 1. The molecule has 0 unspecified atom stereocenters. The van der Waals surface area contributed by atoms with Gasteiger partial charge in [0.05, 0.1) is 19.3 Å². The Morgan fingerprint density at radius 3 is 2.70 bits per heavy atom. The number of amides is 1. The van der Waals surface area contributed by atoms with E-state index in [1.807, 2.05) is 24.3 Å². The van der Waals surface area contributed by atoms with Crippen molar-refractivity contribution in [3.05, 3.63) is 29.8 Å². The van der Waals surface area contributed by atoms with Crippen LogP contribution in [-0.2, 0) is 21.2 Å². The van der Waals surface area contributed by atoms with Crippen molar-refractivity contribution < 1.29 is 17.9 Å². The number of hydrogen-bond donors (Lipinski definition) is 0. The normalized spacial score (nSPS) is 16.9. The standard InChI is InChI=1S/C16H24N2O4S/c1-3-23(20,21)18-9-5-8-17(10-11-18)16(19)13-14-6-4-7-15(12-14)22-2/h4,6-7,12H,3,5,8-11,13H2,1-2H3. The van der Waals surface area contributed by atoms with Gasteiger partial charge in [-0.3, -0.25) is 4.79 Å². The Morgan fingerprint density at radius 1 is 1.22 bits per heavy atom. The van der Waals surface area contributed by atoms with Gasteiger partial charge in [0.15, 0.2) is 0 Å². The van der Waals surface area contributed by atoms with E-state index < -0.39 is 10.0 Å². The third kappa shape index (κ3) is 4.68. The fraction of sp³-hybridized carbons (Fsp3) is 0.562. The number of ether oxygens (including phenoxy) is 1. The molecule has 1 amide bonds. The van der Waals surface area contributed by atoms with Gasteiger partial charge in [-0.25, -0.2) is 12.7 Å². The van der Waals surface area contributed by atoms with Crippen molar-refractivity contribution in [2.24, 2.45) is 0 Å². The molecular formula is C16H24N2O4S. The molecule has 0 aromatic heterocycles. The maximum Gasteiger partial charge on any atom is 0.227 e. The average molecular weight is 340 g/mol. The lowest BCUT2D eigenvalue weighted by molar-refractivity contribution is -0.130. The number of hydrogen-bond acceptors (Lipinski definition) is 4. The molecule has 1 heterocycles. The van der Waals surface area contributed by atoms with Crippen molar-refractivity contribution in [2.45, 2.75) is 19.8 Å². The second-order valence-corrected chi connectivity index (χ2v) is 7.82. The molecule has 0 N–H and O–H groups in total. The molecule has 1 aliphatic rings. The van der Waals surface area contributed by atoms with E-state index in [1.54, 1.807) is 18.9 Å². The van der Waals surface area contributed by atoms with Crippen LogP contribution in [0.1, 0.15) is 18.9 Å². The van der Waals surface area contributed by atoms with E-state index in [1.165, 1.54) is 4.31 Å². The summed E-state index contributed by atoms with van der Waals surface area (Å²) in [7, 11) is -1.59. The molecule has 0 bridgehead atoms. The second-order valence-electron chi connectivity index (χ2n) is 5.56. The van der Waals surface area contributed by atoms with Crippen LogP contribution in [-0.4, -0.2) is 62.6 Å². The summed E-state index contributed by atoms with van der Waals surface area (Å²) in [6.45, 7) is 3.55. The molecule has 7 heteroatoms. The predicted molar refractivity (Wildman–Crippen MR) is 88.9 cm³/mol. The molecule has 0 aliphatic carbocycles. The molecule has 1 aromatic rings. The van der Waals surface area contributed by atoms with Crippen LogP contribution in [0.25, 0.3) is 0 Å². The molecule has 1 aromatic carbocycles. The summed E-state index contributed by atoms with van der Waals surface area (Å²) in [5.74, 6) is 0.852. The van der Waals surface area contributed by atoms with Crippen LogP contribution in [0.2, 0.25) is 0 Å². The topological polar surface area (TPSA) is 66.9 Å². The fourth-order valence-corrected chi connectivity index (χ4v) is 3.81. The zero-order chi connectivity index (χ0) is 16.9. The molecule has 2 rings (SSSR count). The van der Waals surface area contributed by atoms with Crippen molar-refractivity contribution in [3.63, 3.8) is 0 Å². The first-order valence-corrected chi connectivity index (χ1v) is 9.45. The molecule has 1 fully saturated rings. The smallest absolute Gasteiger partial charge is 0.227 e. The van der Waals surface area contributed by atoms with Gasteiger partial charge < -0.3 is 9.64 Å². The molecule has 0 atom stereocenters. The summed E-state index contributed by atoms with van der Waals surface area (Å²) >= 11 is 0. The van der Waals surface area contributed by atoms with Crippen molar-refractivity contribution in [3.8, 4) is 5.75 Å². The van der Waals surface area contributed by atoms with Gasteiger partial charge >= 0.3 is 0 Å². The van der Waals surface area contributed by atoms with Gasteiger partial charge in [-0.1, -0.05) is 12.1 Å². The lowest BCUT2D eigenvalue weighted by Crippen LogP contribution is -2.38. The number of nitrogens with zero attached hydrogens (tertiary/aromatic N) is 2. The van der Waals surface area contributed by atoms with E-state index in [2.05, 4.69) is 0 Å². The number of carbonyl (C=O) groups is 1. The lowest BCUT2D eigenvalue weighted by Gasteiger charge is -2.21. The van der Waals surface area contributed by atoms with E-state index in [0.717, 1.165) is 11.3 Å². The summed E-state index contributed by atoms with van der Waals surface area (Å²) in [5, 5.41) is 0. The third-order valence-corrected chi connectivity index (χ3v) is 5.94. The molecule has 23 heavy (non-hydrogen) atoms. The Balaban J connectivity index is 1.98. The summed E-state index contributed by atoms with van der Waals surface area (Å²) in [6.07, 6.45) is 0.973. The minimum Gasteiger partial charge on any atom is -0.497 e. The maximum atomic E-state index is 12.5. The minimum atomic E-state index is -3.18. The van der Waals surface area contributed by atoms with Crippen LogP contribution < -0.4 is 4.74 Å². The maximum absolute atomic E-state index is 12.5. The highest BCUT2D eigenvalue weighted by Gasteiger charge is 2.25. The molecule has 0 radical (unpaired) electrons. The number of sulfonamides is 1. The van der Waals surface area contributed by atoms with Crippen molar-refractivity contribution >= 4 is 15.9 Å². The molecule has 0 spiro atoms. The average Bonchev–Trinajstić information content (AvgIpc) is 2.81. The van der Waals surface area contributed by atoms with Gasteiger partial charge in [-0.2, -0.15) is 0 Å². The highest BCUT2D eigenvalue weighted by Crippen LogP contribution is 2.15. The summed E-state index contributed by atoms with van der Waals surface area (Å²) in [6, 6.07) is 7.45. The fourth-order valence-electron chi connectivity index (χ4n) is 2.67. The van der Waals surface area contributed by atoms with Crippen LogP contribution in [0.5, 0.6) is 5.75 Å². The van der Waals surface area contributed by atoms with Gasteiger partial charge in [0.25, 0.3) is 0 Å². The lowest BCUT2D eigenvalue weighted by atomic mass is 10.1. The zero-order valence-electron chi connectivity index (χ0n) is 13.7. The van der Waals surface area contributed by atoms with Crippen LogP contribution in [0.4, 0.5) is 0 Å². The van der Waals surface area contributed by atoms with Gasteiger partial charge in [-0.15, -0.1) is 0 Å². The van der Waals surface area contributed by atoms with Crippen molar-refractivity contribution in [2.75, 3.05) is 39.0 Å². The molecule has 1 aliphatic heterocycles. The first kappa shape index (κ1) is 17.7. The largest absolute Gasteiger partial charge is 0.497 e. The van der Waals surface area contributed by atoms with Crippen molar-refractivity contribution in [1.82, 2.24) is 9.21 Å². The summed E-state index contributed by atoms with van der Waals surface area (Å²) < 4.78 is 30.6. The van der Waals surface area contributed by atoms with Gasteiger partial charge in [0.1, 0.15) is 5.75 Å². The highest BCUT2D eigenvalue weighted by atomic mass is 32.2. The van der Waals surface area contributed by atoms with Crippen LogP contribution in [0.15, 0.2) is 24.3 Å². The minimum absolute atomic E-state index is 0.0222. The highest BCUT2D eigenvalue weighted by molar-refractivity contribution is 7.89. The van der Waals surface area contributed by atoms with Crippen LogP contribution in [0.3, 0.4) is 0 Å². The second kappa shape index (κ2) is 7.79. The summed E-state index contributed by atoms with van der Waals surface area (Å²) in [4.78, 5) is 14.2. The molecule has 128 valence electrons. The van der Waals surface area contributed by atoms with E-state index >= 15 is 0 Å². The quantitative estimate of drug-likeness (QED) is 0.806. The molecule has 1 saturated heterocycles. The third-order valence-electron chi connectivity index (χ3n) is 4.06. The van der Waals surface area contributed by atoms with Gasteiger partial charge in [0.2, 0.25) is 15.9 Å². The SMILES string of the molecule is CCS(=O)(=O)N1CCCN(C(=O)Cc2cccc(OC)c2)CC1. The Labute approximate surface area is 138 Å². The van der Waals surface area contributed by atoms with E-state index in [0.29, 0.717) is 39.0 Å².